The number of fused-ring (bicyclic) bond motifs is 3. The van der Waals surface area contributed by atoms with Crippen LogP contribution < -0.4 is 10.9 Å². The number of nitrogens with one attached hydrogen (secondary N) is 1. The Morgan fingerprint density at radius 3 is 2.78 bits per heavy atom. The first-order chi connectivity index (χ1) is 12.8. The summed E-state index contributed by atoms with van der Waals surface area (Å²) in [5.74, 6) is 0.955. The summed E-state index contributed by atoms with van der Waals surface area (Å²) >= 11 is 7.53. The molecule has 1 N–H and O–H groups in total. The van der Waals surface area contributed by atoms with Crippen molar-refractivity contribution >= 4 is 50.4 Å². The molecule has 0 aromatic carbocycles. The maximum absolute atomic E-state index is 12.9. The molecule has 10 heteroatoms. The standard InChI is InChI=1S/C17H17ClN6O2S/c1-9(2)16-21-23(8-15(25)20-14-4-5-19-22(14)3)17(26)11-6-12-10(24(11)16)7-13(18)27-12/h4-7,9H,8H2,1-3H3,(H,20,25). The number of aromatic nitrogens is 5. The lowest BCUT2D eigenvalue weighted by Crippen LogP contribution is -2.32. The van der Waals surface area contributed by atoms with Crippen molar-refractivity contribution in [3.05, 3.63) is 44.9 Å². The maximum atomic E-state index is 12.9. The molecule has 0 unspecified atom stereocenters. The normalized spacial score (nSPS) is 11.7. The third-order valence-corrected chi connectivity index (χ3v) is 5.46. The highest BCUT2D eigenvalue weighted by Crippen LogP contribution is 2.32. The average molecular weight is 405 g/mol. The van der Waals surface area contributed by atoms with Crippen LogP contribution >= 0.6 is 22.9 Å². The first kappa shape index (κ1) is 17.7. The highest BCUT2D eigenvalue weighted by molar-refractivity contribution is 7.22. The van der Waals surface area contributed by atoms with Gasteiger partial charge in [0.15, 0.2) is 0 Å². The van der Waals surface area contributed by atoms with E-state index in [0.29, 0.717) is 21.5 Å². The van der Waals surface area contributed by atoms with Gasteiger partial charge in [0.1, 0.15) is 23.7 Å². The molecule has 0 atom stereocenters. The van der Waals surface area contributed by atoms with Crippen LogP contribution in [0.4, 0.5) is 5.82 Å². The second-order valence-corrected chi connectivity index (χ2v) is 8.24. The number of carbonyl (C=O) groups excluding carboxylic acids is 1. The van der Waals surface area contributed by atoms with Gasteiger partial charge in [-0.2, -0.15) is 10.2 Å². The Kier molecular flexibility index (Phi) is 4.27. The lowest BCUT2D eigenvalue weighted by molar-refractivity contribution is -0.117. The van der Waals surface area contributed by atoms with Gasteiger partial charge in [-0.3, -0.25) is 18.7 Å². The summed E-state index contributed by atoms with van der Waals surface area (Å²) < 4.78 is 6.16. The first-order valence-electron chi connectivity index (χ1n) is 8.34. The van der Waals surface area contributed by atoms with Crippen molar-refractivity contribution in [3.8, 4) is 0 Å². The minimum atomic E-state index is -0.344. The van der Waals surface area contributed by atoms with Crippen molar-refractivity contribution < 1.29 is 4.79 Å². The van der Waals surface area contributed by atoms with Gasteiger partial charge in [0.2, 0.25) is 5.91 Å². The minimum Gasteiger partial charge on any atom is -0.309 e. The Labute approximate surface area is 163 Å². The van der Waals surface area contributed by atoms with Gasteiger partial charge in [-0.1, -0.05) is 25.4 Å². The van der Waals surface area contributed by atoms with Gasteiger partial charge in [-0.15, -0.1) is 11.3 Å². The highest BCUT2D eigenvalue weighted by atomic mass is 35.5. The van der Waals surface area contributed by atoms with E-state index < -0.39 is 0 Å². The van der Waals surface area contributed by atoms with E-state index >= 15 is 0 Å². The summed E-state index contributed by atoms with van der Waals surface area (Å²) in [5, 5.41) is 11.2. The zero-order valence-corrected chi connectivity index (χ0v) is 16.5. The van der Waals surface area contributed by atoms with E-state index in [4.69, 9.17) is 11.6 Å². The fourth-order valence-electron chi connectivity index (χ4n) is 3.01. The molecule has 1 amide bonds. The largest absolute Gasteiger partial charge is 0.309 e. The second-order valence-electron chi connectivity index (χ2n) is 6.53. The third kappa shape index (κ3) is 3.02. The average Bonchev–Trinajstić information content (AvgIpc) is 3.25. The number of rotatable bonds is 4. The third-order valence-electron chi connectivity index (χ3n) is 4.26. The van der Waals surface area contributed by atoms with Crippen LogP contribution in [0.2, 0.25) is 4.34 Å². The van der Waals surface area contributed by atoms with Crippen molar-refractivity contribution in [2.24, 2.45) is 7.05 Å². The summed E-state index contributed by atoms with van der Waals surface area (Å²) in [5.41, 5.74) is 1.03. The van der Waals surface area contributed by atoms with Gasteiger partial charge >= 0.3 is 0 Å². The Bertz CT molecular complexity index is 1230. The van der Waals surface area contributed by atoms with Gasteiger partial charge < -0.3 is 5.32 Å². The summed E-state index contributed by atoms with van der Waals surface area (Å²) in [6.45, 7) is 3.80. The number of thiophene rings is 1. The fourth-order valence-corrected chi connectivity index (χ4v) is 4.17. The molecule has 4 heterocycles. The summed E-state index contributed by atoms with van der Waals surface area (Å²) in [4.78, 5) is 25.3. The van der Waals surface area contributed by atoms with E-state index in [9.17, 15) is 9.59 Å². The fraction of sp³-hybridized carbons (Fsp3) is 0.294. The second kappa shape index (κ2) is 6.50. The van der Waals surface area contributed by atoms with Crippen LogP contribution in [0.25, 0.3) is 15.7 Å². The molecule has 8 nitrogen and oxygen atoms in total. The highest BCUT2D eigenvalue weighted by Gasteiger charge is 2.19. The lowest BCUT2D eigenvalue weighted by Gasteiger charge is -2.13. The van der Waals surface area contributed by atoms with Gasteiger partial charge in [-0.05, 0) is 12.1 Å². The molecule has 140 valence electrons. The Morgan fingerprint density at radius 1 is 1.33 bits per heavy atom. The smallest absolute Gasteiger partial charge is 0.291 e. The molecule has 0 fully saturated rings. The molecule has 0 radical (unpaired) electrons. The number of hydrogen-bond donors (Lipinski definition) is 1. The molecule has 0 spiro atoms. The van der Waals surface area contributed by atoms with Crippen LogP contribution in [0.5, 0.6) is 0 Å². The van der Waals surface area contributed by atoms with Crippen LogP contribution in [-0.2, 0) is 18.4 Å². The maximum Gasteiger partial charge on any atom is 0.291 e. The Balaban J connectivity index is 1.79. The number of aryl methyl sites for hydroxylation is 1. The molecule has 4 rings (SSSR count). The summed E-state index contributed by atoms with van der Waals surface area (Å²) in [6.07, 6.45) is 1.58. The molecule has 0 saturated carbocycles. The summed E-state index contributed by atoms with van der Waals surface area (Å²) in [6, 6.07) is 5.32. The van der Waals surface area contributed by atoms with Crippen molar-refractivity contribution in [1.82, 2.24) is 24.0 Å². The topological polar surface area (TPSA) is 86.2 Å². The van der Waals surface area contributed by atoms with Crippen LogP contribution in [0.1, 0.15) is 25.6 Å². The molecule has 0 saturated heterocycles. The van der Waals surface area contributed by atoms with E-state index in [1.54, 1.807) is 30.1 Å². The van der Waals surface area contributed by atoms with Crippen molar-refractivity contribution in [2.75, 3.05) is 5.32 Å². The zero-order chi connectivity index (χ0) is 19.3. The monoisotopic (exact) mass is 404 g/mol. The van der Waals surface area contributed by atoms with E-state index in [1.165, 1.54) is 16.0 Å². The molecule has 4 aromatic rings. The molecular formula is C17H17ClN6O2S. The van der Waals surface area contributed by atoms with Crippen LogP contribution in [0.3, 0.4) is 0 Å². The van der Waals surface area contributed by atoms with E-state index in [0.717, 1.165) is 10.2 Å². The number of nitrogens with zero attached hydrogens (tertiary/aromatic N) is 5. The van der Waals surface area contributed by atoms with Gasteiger partial charge in [-0.25, -0.2) is 4.68 Å². The number of anilines is 1. The zero-order valence-electron chi connectivity index (χ0n) is 14.9. The minimum absolute atomic E-state index is 0.0498. The Morgan fingerprint density at radius 2 is 2.11 bits per heavy atom. The van der Waals surface area contributed by atoms with E-state index in [-0.39, 0.29) is 23.9 Å². The van der Waals surface area contributed by atoms with Crippen LogP contribution in [0, 0.1) is 0 Å². The number of carbonyl (C=O) groups is 1. The first-order valence-corrected chi connectivity index (χ1v) is 9.54. The molecular weight excluding hydrogens is 388 g/mol. The summed E-state index contributed by atoms with van der Waals surface area (Å²) in [7, 11) is 1.72. The van der Waals surface area contributed by atoms with E-state index in [2.05, 4.69) is 15.5 Å². The molecule has 4 aromatic heterocycles. The van der Waals surface area contributed by atoms with E-state index in [1.807, 2.05) is 24.3 Å². The number of halogens is 1. The molecule has 0 aliphatic heterocycles. The van der Waals surface area contributed by atoms with Crippen molar-refractivity contribution in [3.63, 3.8) is 0 Å². The van der Waals surface area contributed by atoms with Gasteiger partial charge in [0.25, 0.3) is 5.56 Å². The lowest BCUT2D eigenvalue weighted by atomic mass is 10.2. The van der Waals surface area contributed by atoms with Gasteiger partial charge in [0, 0.05) is 19.0 Å². The quantitative estimate of drug-likeness (QED) is 0.566. The predicted molar refractivity (Wildman–Crippen MR) is 106 cm³/mol. The molecule has 27 heavy (non-hydrogen) atoms. The molecule has 0 bridgehead atoms. The van der Waals surface area contributed by atoms with Crippen LogP contribution in [0.15, 0.2) is 29.2 Å². The number of amides is 1. The van der Waals surface area contributed by atoms with Crippen molar-refractivity contribution in [1.29, 1.82) is 0 Å². The van der Waals surface area contributed by atoms with Crippen molar-refractivity contribution in [2.45, 2.75) is 26.3 Å². The molecule has 0 aliphatic carbocycles. The number of hydrogen-bond acceptors (Lipinski definition) is 5. The Hall–Kier alpha value is -2.65. The molecule has 0 aliphatic rings. The van der Waals surface area contributed by atoms with Crippen LogP contribution in [-0.4, -0.2) is 29.9 Å². The predicted octanol–water partition coefficient (Wildman–Crippen LogP) is 2.86. The van der Waals surface area contributed by atoms with Gasteiger partial charge in [0.05, 0.1) is 20.7 Å². The SMILES string of the molecule is CC(C)c1nn(CC(=O)Nc2ccnn2C)c(=O)c2cc3sc(Cl)cc3n12.